The Kier molecular flexibility index (Phi) is 7.79. The highest BCUT2D eigenvalue weighted by Gasteiger charge is 2.04. The molecule has 1 aromatic carbocycles. The molecule has 0 aliphatic heterocycles. The predicted octanol–water partition coefficient (Wildman–Crippen LogP) is 1.95. The highest BCUT2D eigenvalue weighted by atomic mass is 16.5. The van der Waals surface area contributed by atoms with Gasteiger partial charge < -0.3 is 20.3 Å². The predicted molar refractivity (Wildman–Crippen MR) is 86.9 cm³/mol. The summed E-state index contributed by atoms with van der Waals surface area (Å²) >= 11 is 0. The zero-order valence-electron chi connectivity index (χ0n) is 13.5. The van der Waals surface area contributed by atoms with E-state index in [9.17, 15) is 4.79 Å². The second kappa shape index (κ2) is 9.37. The average molecular weight is 293 g/mol. The summed E-state index contributed by atoms with van der Waals surface area (Å²) < 4.78 is 5.12. The Labute approximate surface area is 127 Å². The van der Waals surface area contributed by atoms with Gasteiger partial charge in [0.05, 0.1) is 13.7 Å². The molecule has 2 N–H and O–H groups in total. The van der Waals surface area contributed by atoms with Gasteiger partial charge in [0.15, 0.2) is 0 Å². The quantitative estimate of drug-likeness (QED) is 0.683. The molecule has 1 aromatic rings. The van der Waals surface area contributed by atoms with Crippen LogP contribution in [0, 0.1) is 0 Å². The molecular weight excluding hydrogens is 266 g/mol. The molecule has 0 bridgehead atoms. The van der Waals surface area contributed by atoms with E-state index < -0.39 is 0 Å². The summed E-state index contributed by atoms with van der Waals surface area (Å²) in [6.07, 6.45) is 1.03. The summed E-state index contributed by atoms with van der Waals surface area (Å²) in [5, 5.41) is 6.00. The van der Waals surface area contributed by atoms with Crippen LogP contribution < -0.4 is 15.4 Å². The molecular formula is C16H27N3O2. The third kappa shape index (κ3) is 7.11. The van der Waals surface area contributed by atoms with Crippen LogP contribution in [0.3, 0.4) is 0 Å². The second-order valence-electron chi connectivity index (χ2n) is 5.38. The highest BCUT2D eigenvalue weighted by Crippen LogP contribution is 2.16. The number of carbonyl (C=O) groups is 1. The Morgan fingerprint density at radius 3 is 2.81 bits per heavy atom. The van der Waals surface area contributed by atoms with Crippen molar-refractivity contribution in [2.45, 2.75) is 26.3 Å². The van der Waals surface area contributed by atoms with Crippen molar-refractivity contribution in [3.63, 3.8) is 0 Å². The van der Waals surface area contributed by atoms with E-state index in [2.05, 4.69) is 36.4 Å². The second-order valence-corrected chi connectivity index (χ2v) is 5.38. The number of rotatable bonds is 9. The molecule has 118 valence electrons. The van der Waals surface area contributed by atoms with E-state index in [1.807, 2.05) is 18.2 Å². The van der Waals surface area contributed by atoms with Gasteiger partial charge in [0, 0.05) is 17.8 Å². The number of hydrogen-bond acceptors (Lipinski definition) is 4. The van der Waals surface area contributed by atoms with E-state index in [-0.39, 0.29) is 5.91 Å². The number of hydrogen-bond donors (Lipinski definition) is 2. The summed E-state index contributed by atoms with van der Waals surface area (Å²) in [5.41, 5.74) is 0.751. The largest absolute Gasteiger partial charge is 0.497 e. The molecule has 0 saturated carbocycles. The first-order valence-electron chi connectivity index (χ1n) is 7.37. The average Bonchev–Trinajstić information content (AvgIpc) is 2.46. The Morgan fingerprint density at radius 2 is 2.14 bits per heavy atom. The number of amides is 1. The van der Waals surface area contributed by atoms with Crippen LogP contribution in [0.1, 0.15) is 20.3 Å². The lowest BCUT2D eigenvalue weighted by atomic mass is 10.3. The third-order valence-electron chi connectivity index (χ3n) is 3.38. The molecule has 1 rings (SSSR count). The molecule has 1 amide bonds. The van der Waals surface area contributed by atoms with E-state index in [1.54, 1.807) is 13.2 Å². The molecule has 0 unspecified atom stereocenters. The van der Waals surface area contributed by atoms with Gasteiger partial charge in [0.1, 0.15) is 5.75 Å². The van der Waals surface area contributed by atoms with Crippen LogP contribution in [-0.4, -0.2) is 50.6 Å². The first kappa shape index (κ1) is 17.5. The lowest BCUT2D eigenvalue weighted by molar-refractivity contribution is -0.115. The number of nitrogens with zero attached hydrogens (tertiary/aromatic N) is 1. The lowest BCUT2D eigenvalue weighted by Crippen LogP contribution is -2.32. The molecule has 0 radical (unpaired) electrons. The van der Waals surface area contributed by atoms with Gasteiger partial charge in [-0.05, 0) is 52.5 Å². The Bertz CT molecular complexity index is 435. The van der Waals surface area contributed by atoms with Crippen molar-refractivity contribution < 1.29 is 9.53 Å². The van der Waals surface area contributed by atoms with Crippen LogP contribution in [0.25, 0.3) is 0 Å². The van der Waals surface area contributed by atoms with Crippen LogP contribution in [-0.2, 0) is 4.79 Å². The van der Waals surface area contributed by atoms with Crippen molar-refractivity contribution in [1.82, 2.24) is 10.2 Å². The van der Waals surface area contributed by atoms with E-state index >= 15 is 0 Å². The highest BCUT2D eigenvalue weighted by molar-refractivity contribution is 5.92. The van der Waals surface area contributed by atoms with Gasteiger partial charge in [-0.15, -0.1) is 0 Å². The number of methoxy groups -OCH3 is 1. The van der Waals surface area contributed by atoms with Crippen molar-refractivity contribution in [2.75, 3.05) is 39.1 Å². The molecule has 0 spiro atoms. The maximum atomic E-state index is 11.8. The SMILES string of the molecule is COc1cccc(NC(=O)CNCCCN(C)C(C)C)c1. The van der Waals surface area contributed by atoms with Gasteiger partial charge in [-0.2, -0.15) is 0 Å². The normalized spacial score (nSPS) is 11.0. The van der Waals surface area contributed by atoms with Gasteiger partial charge in [0.2, 0.25) is 5.91 Å². The molecule has 5 heteroatoms. The molecule has 0 saturated heterocycles. The number of nitrogens with one attached hydrogen (secondary N) is 2. The lowest BCUT2D eigenvalue weighted by Gasteiger charge is -2.20. The van der Waals surface area contributed by atoms with Crippen molar-refractivity contribution >= 4 is 11.6 Å². The third-order valence-corrected chi connectivity index (χ3v) is 3.38. The van der Waals surface area contributed by atoms with Gasteiger partial charge in [0.25, 0.3) is 0 Å². The Hall–Kier alpha value is -1.59. The van der Waals surface area contributed by atoms with Crippen LogP contribution >= 0.6 is 0 Å². The summed E-state index contributed by atoms with van der Waals surface area (Å²) in [5.74, 6) is 0.693. The fourth-order valence-electron chi connectivity index (χ4n) is 1.82. The van der Waals surface area contributed by atoms with Crippen LogP contribution in [0.4, 0.5) is 5.69 Å². The van der Waals surface area contributed by atoms with Gasteiger partial charge in [-0.3, -0.25) is 4.79 Å². The number of benzene rings is 1. The maximum absolute atomic E-state index is 11.8. The van der Waals surface area contributed by atoms with Gasteiger partial charge in [-0.25, -0.2) is 0 Å². The molecule has 0 fully saturated rings. The van der Waals surface area contributed by atoms with Crippen LogP contribution in [0.2, 0.25) is 0 Å². The molecule has 0 aliphatic carbocycles. The van der Waals surface area contributed by atoms with E-state index in [0.29, 0.717) is 12.6 Å². The fraction of sp³-hybridized carbons (Fsp3) is 0.562. The summed E-state index contributed by atoms with van der Waals surface area (Å²) in [6.45, 7) is 6.54. The monoisotopic (exact) mass is 293 g/mol. The zero-order valence-corrected chi connectivity index (χ0v) is 13.5. The Morgan fingerprint density at radius 1 is 1.38 bits per heavy atom. The van der Waals surface area contributed by atoms with Gasteiger partial charge in [-0.1, -0.05) is 6.07 Å². The van der Waals surface area contributed by atoms with Gasteiger partial charge >= 0.3 is 0 Å². The number of carbonyl (C=O) groups excluding carboxylic acids is 1. The molecule has 5 nitrogen and oxygen atoms in total. The smallest absolute Gasteiger partial charge is 0.238 e. The van der Waals surface area contributed by atoms with E-state index in [1.165, 1.54) is 0 Å². The summed E-state index contributed by atoms with van der Waals surface area (Å²) in [4.78, 5) is 14.1. The first-order chi connectivity index (χ1) is 10.0. The number of anilines is 1. The summed E-state index contributed by atoms with van der Waals surface area (Å²) in [6, 6.07) is 7.90. The molecule has 0 aliphatic rings. The summed E-state index contributed by atoms with van der Waals surface area (Å²) in [7, 11) is 3.72. The minimum Gasteiger partial charge on any atom is -0.497 e. The minimum atomic E-state index is -0.0412. The van der Waals surface area contributed by atoms with Crippen molar-refractivity contribution in [1.29, 1.82) is 0 Å². The fourth-order valence-corrected chi connectivity index (χ4v) is 1.82. The molecule has 0 aromatic heterocycles. The molecule has 21 heavy (non-hydrogen) atoms. The zero-order chi connectivity index (χ0) is 15.7. The Balaban J connectivity index is 2.19. The minimum absolute atomic E-state index is 0.0412. The number of ether oxygens (including phenoxy) is 1. The van der Waals surface area contributed by atoms with Crippen molar-refractivity contribution in [2.24, 2.45) is 0 Å². The topological polar surface area (TPSA) is 53.6 Å². The standard InChI is InChI=1S/C16H27N3O2/c1-13(2)19(3)10-6-9-17-12-16(20)18-14-7-5-8-15(11-14)21-4/h5,7-8,11,13,17H,6,9-10,12H2,1-4H3,(H,18,20). The van der Waals surface area contributed by atoms with Crippen LogP contribution in [0.5, 0.6) is 5.75 Å². The van der Waals surface area contributed by atoms with Crippen molar-refractivity contribution in [3.05, 3.63) is 24.3 Å². The van der Waals surface area contributed by atoms with Crippen molar-refractivity contribution in [3.8, 4) is 5.75 Å². The first-order valence-corrected chi connectivity index (χ1v) is 7.37. The van der Waals surface area contributed by atoms with Crippen LogP contribution in [0.15, 0.2) is 24.3 Å². The molecule has 0 atom stereocenters. The van der Waals surface area contributed by atoms with E-state index in [0.717, 1.165) is 30.9 Å². The maximum Gasteiger partial charge on any atom is 0.238 e. The molecule has 0 heterocycles. The van der Waals surface area contributed by atoms with E-state index in [4.69, 9.17) is 4.74 Å².